The Morgan fingerprint density at radius 3 is 2.80 bits per heavy atom. The van der Waals surface area contributed by atoms with E-state index in [4.69, 9.17) is 21.7 Å². The van der Waals surface area contributed by atoms with Crippen LogP contribution in [0.3, 0.4) is 0 Å². The topological polar surface area (TPSA) is 64.3 Å². The van der Waals surface area contributed by atoms with E-state index < -0.39 is 6.04 Å². The van der Waals surface area contributed by atoms with Crippen molar-refractivity contribution in [1.82, 2.24) is 5.09 Å². The molecule has 6 heteroatoms. The van der Waals surface area contributed by atoms with E-state index in [1.54, 1.807) is 6.92 Å². The lowest BCUT2D eigenvalue weighted by molar-refractivity contribution is -0.146. The van der Waals surface area contributed by atoms with E-state index in [9.17, 15) is 4.79 Å². The zero-order valence-corrected chi connectivity index (χ0v) is 11.0. The third-order valence-corrected chi connectivity index (χ3v) is 2.94. The molecule has 15 heavy (non-hydrogen) atoms. The largest absolute Gasteiger partial charge is 0.464 e. The highest BCUT2D eigenvalue weighted by atomic mass is 35.7. The standard InChI is InChI=1S/C9H20ClN2O2P/c1-3-8(4-5-12-15-10)6-14-9(13)7(2)11/h7-8,12,15H,3-6,11H2,1-2H3/t7-,8?/m0/s1. The van der Waals surface area contributed by atoms with Crippen LogP contribution in [0.5, 0.6) is 0 Å². The second-order valence-corrected chi connectivity index (χ2v) is 4.61. The van der Waals surface area contributed by atoms with Gasteiger partial charge >= 0.3 is 5.97 Å². The van der Waals surface area contributed by atoms with Crippen LogP contribution in [0.15, 0.2) is 0 Å². The Hall–Kier alpha value is 0.110. The Bertz CT molecular complexity index is 181. The maximum absolute atomic E-state index is 11.1. The molecule has 0 aliphatic rings. The van der Waals surface area contributed by atoms with Crippen molar-refractivity contribution in [2.75, 3.05) is 13.2 Å². The van der Waals surface area contributed by atoms with Crippen LogP contribution in [-0.4, -0.2) is 25.2 Å². The molecule has 4 nitrogen and oxygen atoms in total. The van der Waals surface area contributed by atoms with Gasteiger partial charge < -0.3 is 10.5 Å². The van der Waals surface area contributed by atoms with Crippen LogP contribution in [0.4, 0.5) is 0 Å². The van der Waals surface area contributed by atoms with Crippen LogP contribution in [0.2, 0.25) is 0 Å². The number of hydrogen-bond acceptors (Lipinski definition) is 4. The molecule has 0 aliphatic carbocycles. The molecule has 0 aromatic rings. The summed E-state index contributed by atoms with van der Waals surface area (Å²) in [6, 6.07) is -0.537. The Balaban J connectivity index is 3.65. The van der Waals surface area contributed by atoms with Gasteiger partial charge in [0, 0.05) is 14.6 Å². The summed E-state index contributed by atoms with van der Waals surface area (Å²) in [5.74, 6) is 0.0499. The first-order valence-corrected chi connectivity index (χ1v) is 7.13. The molecular weight excluding hydrogens is 235 g/mol. The van der Waals surface area contributed by atoms with Gasteiger partial charge in [-0.15, -0.1) is 0 Å². The van der Waals surface area contributed by atoms with Crippen LogP contribution in [-0.2, 0) is 9.53 Å². The van der Waals surface area contributed by atoms with Crippen molar-refractivity contribution < 1.29 is 9.53 Å². The quantitative estimate of drug-likeness (QED) is 0.393. The molecule has 0 bridgehead atoms. The van der Waals surface area contributed by atoms with Gasteiger partial charge in [-0.2, -0.15) is 0 Å². The fraction of sp³-hybridized carbons (Fsp3) is 0.889. The van der Waals surface area contributed by atoms with Crippen molar-refractivity contribution in [2.24, 2.45) is 11.7 Å². The summed E-state index contributed by atoms with van der Waals surface area (Å²) >= 11 is 5.51. The third kappa shape index (κ3) is 7.97. The number of hydrogen-bond donors (Lipinski definition) is 2. The van der Waals surface area contributed by atoms with Gasteiger partial charge in [0.2, 0.25) is 0 Å². The highest BCUT2D eigenvalue weighted by Gasteiger charge is 2.12. The minimum absolute atomic E-state index is 0.247. The van der Waals surface area contributed by atoms with Crippen LogP contribution in [0.25, 0.3) is 0 Å². The van der Waals surface area contributed by atoms with Crippen molar-refractivity contribution in [3.8, 4) is 0 Å². The Kier molecular flexibility index (Phi) is 9.41. The van der Waals surface area contributed by atoms with Crippen LogP contribution in [0, 0.1) is 5.92 Å². The van der Waals surface area contributed by atoms with E-state index >= 15 is 0 Å². The summed E-state index contributed by atoms with van der Waals surface area (Å²) in [4.78, 5) is 11.1. The van der Waals surface area contributed by atoms with Gasteiger partial charge in [0.1, 0.15) is 6.04 Å². The van der Waals surface area contributed by atoms with Gasteiger partial charge in [0.25, 0.3) is 0 Å². The first-order valence-electron chi connectivity index (χ1n) is 5.12. The van der Waals surface area contributed by atoms with Crippen LogP contribution < -0.4 is 10.8 Å². The third-order valence-electron chi connectivity index (χ3n) is 2.15. The normalized spacial score (nSPS) is 15.5. The molecule has 0 radical (unpaired) electrons. The average Bonchev–Trinajstić information content (AvgIpc) is 2.22. The van der Waals surface area contributed by atoms with Gasteiger partial charge in [-0.05, 0) is 19.3 Å². The zero-order valence-electron chi connectivity index (χ0n) is 9.25. The van der Waals surface area contributed by atoms with E-state index in [-0.39, 0.29) is 14.1 Å². The number of esters is 1. The highest BCUT2D eigenvalue weighted by Crippen LogP contribution is 2.12. The predicted molar refractivity (Wildman–Crippen MR) is 65.2 cm³/mol. The molecule has 2 unspecified atom stereocenters. The smallest absolute Gasteiger partial charge is 0.322 e. The monoisotopic (exact) mass is 254 g/mol. The van der Waals surface area contributed by atoms with Crippen molar-refractivity contribution in [3.05, 3.63) is 0 Å². The maximum Gasteiger partial charge on any atom is 0.322 e. The Labute approximate surface area is 97.9 Å². The van der Waals surface area contributed by atoms with Gasteiger partial charge in [-0.3, -0.25) is 9.88 Å². The summed E-state index contributed by atoms with van der Waals surface area (Å²) in [6.45, 7) is 5.01. The lowest BCUT2D eigenvalue weighted by atomic mass is 10.0. The van der Waals surface area contributed by atoms with E-state index in [2.05, 4.69) is 12.0 Å². The zero-order chi connectivity index (χ0) is 11.7. The molecule has 0 rings (SSSR count). The molecular formula is C9H20ClN2O2P. The first kappa shape index (κ1) is 15.1. The molecule has 0 saturated heterocycles. The van der Waals surface area contributed by atoms with Crippen molar-refractivity contribution in [1.29, 1.82) is 0 Å². The van der Waals surface area contributed by atoms with Crippen LogP contribution in [0.1, 0.15) is 26.7 Å². The lowest BCUT2D eigenvalue weighted by Crippen LogP contribution is -2.30. The van der Waals surface area contributed by atoms with E-state index in [0.717, 1.165) is 19.4 Å². The molecule has 0 amide bonds. The minimum Gasteiger partial charge on any atom is -0.464 e. The number of nitrogens with one attached hydrogen (secondary N) is 1. The van der Waals surface area contributed by atoms with Crippen molar-refractivity contribution in [2.45, 2.75) is 32.7 Å². The maximum atomic E-state index is 11.1. The van der Waals surface area contributed by atoms with E-state index in [1.165, 1.54) is 0 Å². The molecule has 3 N–H and O–H groups in total. The van der Waals surface area contributed by atoms with Crippen molar-refractivity contribution in [3.63, 3.8) is 0 Å². The summed E-state index contributed by atoms with van der Waals surface area (Å²) in [5, 5.41) is 3.05. The van der Waals surface area contributed by atoms with Crippen LogP contribution >= 0.6 is 19.3 Å². The molecule has 0 aliphatic heterocycles. The van der Waals surface area contributed by atoms with Gasteiger partial charge in [-0.1, -0.05) is 24.6 Å². The fourth-order valence-corrected chi connectivity index (χ4v) is 1.58. The number of halogens is 1. The number of nitrogens with two attached hydrogens (primary N) is 1. The van der Waals surface area contributed by atoms with Gasteiger partial charge in [0.15, 0.2) is 0 Å². The molecule has 0 fully saturated rings. The van der Waals surface area contributed by atoms with Crippen molar-refractivity contribution >= 4 is 25.3 Å². The number of rotatable bonds is 8. The number of ether oxygens (including phenoxy) is 1. The number of carbonyl (C=O) groups excluding carboxylic acids is 1. The fourth-order valence-electron chi connectivity index (χ4n) is 1.06. The highest BCUT2D eigenvalue weighted by molar-refractivity contribution is 7.66. The second kappa shape index (κ2) is 9.34. The molecule has 3 atom stereocenters. The summed E-state index contributed by atoms with van der Waals surface area (Å²) in [5.41, 5.74) is 5.38. The SMILES string of the molecule is CCC(CCNPCl)COC(=O)[C@H](C)N. The molecule has 0 aromatic carbocycles. The Morgan fingerprint density at radius 2 is 2.33 bits per heavy atom. The van der Waals surface area contributed by atoms with E-state index in [1.807, 2.05) is 0 Å². The minimum atomic E-state index is -0.537. The van der Waals surface area contributed by atoms with Gasteiger partial charge in [0.05, 0.1) is 6.61 Å². The second-order valence-electron chi connectivity index (χ2n) is 3.50. The summed E-state index contributed by atoms with van der Waals surface area (Å²) < 4.78 is 5.06. The van der Waals surface area contributed by atoms with Gasteiger partial charge in [-0.25, -0.2) is 0 Å². The number of carbonyl (C=O) groups is 1. The summed E-state index contributed by atoms with van der Waals surface area (Å²) in [6.07, 6.45) is 1.95. The Morgan fingerprint density at radius 1 is 1.67 bits per heavy atom. The summed E-state index contributed by atoms with van der Waals surface area (Å²) in [7, 11) is 0.247. The molecule has 0 spiro atoms. The van der Waals surface area contributed by atoms with E-state index in [0.29, 0.717) is 12.5 Å². The predicted octanol–water partition coefficient (Wildman–Crippen LogP) is 1.63. The molecule has 0 heterocycles. The molecule has 90 valence electrons. The first-order chi connectivity index (χ1) is 7.11. The average molecular weight is 255 g/mol. The lowest BCUT2D eigenvalue weighted by Gasteiger charge is -2.15. The molecule has 0 aromatic heterocycles. The molecule has 0 saturated carbocycles.